The van der Waals surface area contributed by atoms with E-state index in [0.29, 0.717) is 37.1 Å². The Labute approximate surface area is 172 Å². The van der Waals surface area contributed by atoms with E-state index in [1.165, 1.54) is 11.0 Å². The summed E-state index contributed by atoms with van der Waals surface area (Å²) in [6, 6.07) is 4.28. The van der Waals surface area contributed by atoms with Gasteiger partial charge in [-0.1, -0.05) is 23.2 Å². The highest BCUT2D eigenvalue weighted by Crippen LogP contribution is 2.26. The van der Waals surface area contributed by atoms with Crippen molar-refractivity contribution in [3.05, 3.63) is 34.9 Å². The first kappa shape index (κ1) is 20.6. The Bertz CT molecular complexity index is 832. The van der Waals surface area contributed by atoms with Crippen molar-refractivity contribution in [2.75, 3.05) is 13.1 Å². The molecule has 2 heterocycles. The number of halogens is 2. The summed E-state index contributed by atoms with van der Waals surface area (Å²) in [5.74, 6) is -1.35. The van der Waals surface area contributed by atoms with Gasteiger partial charge in [-0.05, 0) is 44.9 Å². The van der Waals surface area contributed by atoms with Gasteiger partial charge in [0.2, 0.25) is 0 Å². The number of carbonyl (C=O) groups excluding carboxylic acids is 4. The van der Waals surface area contributed by atoms with E-state index in [0.717, 1.165) is 0 Å². The molecule has 150 valence electrons. The summed E-state index contributed by atoms with van der Waals surface area (Å²) in [7, 11) is 0. The fourth-order valence-corrected chi connectivity index (χ4v) is 3.66. The molecule has 1 N–H and O–H groups in total. The minimum Gasteiger partial charge on any atom is -0.351 e. The summed E-state index contributed by atoms with van der Waals surface area (Å²) in [6.45, 7) is 4.46. The molecule has 7 nitrogen and oxygen atoms in total. The Kier molecular flexibility index (Phi) is 5.95. The van der Waals surface area contributed by atoms with Crippen LogP contribution in [0.5, 0.6) is 0 Å². The average molecular weight is 426 g/mol. The lowest BCUT2D eigenvalue weighted by atomic mass is 10.0. The van der Waals surface area contributed by atoms with Gasteiger partial charge in [0.1, 0.15) is 0 Å². The molecule has 0 radical (unpaired) electrons. The van der Waals surface area contributed by atoms with E-state index >= 15 is 0 Å². The molecule has 3 rings (SSSR count). The number of alkyl halides is 2. The molecule has 0 saturated carbocycles. The number of benzene rings is 1. The standard InChI is InChI=1S/C19H21Cl2N3O4/c1-10(2)24-18(27)13-4-3-11(9-14(13)19(24)28)17(26)23-7-5-12(6-8-23)22-16(25)15(20)21/h3-4,9-10,12,15H,5-8H2,1-2H3,(H,22,25). The molecule has 2 aliphatic heterocycles. The number of likely N-dealkylation sites (tertiary alicyclic amines) is 1. The number of carbonyl (C=O) groups is 4. The molecule has 0 aliphatic carbocycles. The summed E-state index contributed by atoms with van der Waals surface area (Å²) >= 11 is 11.1. The van der Waals surface area contributed by atoms with Gasteiger partial charge in [0.25, 0.3) is 23.6 Å². The Morgan fingerprint density at radius 3 is 2.25 bits per heavy atom. The van der Waals surface area contributed by atoms with E-state index in [9.17, 15) is 19.2 Å². The first-order valence-corrected chi connectivity index (χ1v) is 9.97. The van der Waals surface area contributed by atoms with Crippen LogP contribution >= 0.6 is 23.2 Å². The predicted molar refractivity (Wildman–Crippen MR) is 105 cm³/mol. The second kappa shape index (κ2) is 8.09. The Morgan fingerprint density at radius 1 is 1.07 bits per heavy atom. The van der Waals surface area contributed by atoms with E-state index in [4.69, 9.17) is 23.2 Å². The minimum atomic E-state index is -1.11. The van der Waals surface area contributed by atoms with Gasteiger partial charge < -0.3 is 10.2 Å². The maximum absolute atomic E-state index is 12.8. The lowest BCUT2D eigenvalue weighted by molar-refractivity contribution is -0.120. The lowest BCUT2D eigenvalue weighted by Gasteiger charge is -2.32. The topological polar surface area (TPSA) is 86.8 Å². The fourth-order valence-electron chi connectivity index (χ4n) is 3.54. The van der Waals surface area contributed by atoms with Crippen LogP contribution in [0.4, 0.5) is 0 Å². The molecule has 1 aromatic carbocycles. The third-order valence-electron chi connectivity index (χ3n) is 5.01. The van der Waals surface area contributed by atoms with Crippen molar-refractivity contribution in [1.29, 1.82) is 0 Å². The number of imide groups is 1. The van der Waals surface area contributed by atoms with Crippen molar-refractivity contribution in [1.82, 2.24) is 15.1 Å². The number of nitrogens with one attached hydrogen (secondary N) is 1. The van der Waals surface area contributed by atoms with Crippen LogP contribution in [0.15, 0.2) is 18.2 Å². The molecule has 4 amide bonds. The van der Waals surface area contributed by atoms with E-state index in [1.54, 1.807) is 30.9 Å². The highest BCUT2D eigenvalue weighted by atomic mass is 35.5. The largest absolute Gasteiger partial charge is 0.351 e. The van der Waals surface area contributed by atoms with Crippen molar-refractivity contribution >= 4 is 46.8 Å². The summed E-state index contributed by atoms with van der Waals surface area (Å²) in [6.07, 6.45) is 1.17. The zero-order chi connectivity index (χ0) is 20.6. The maximum atomic E-state index is 12.8. The van der Waals surface area contributed by atoms with Gasteiger partial charge in [-0.2, -0.15) is 0 Å². The van der Waals surface area contributed by atoms with Crippen molar-refractivity contribution in [2.24, 2.45) is 0 Å². The highest BCUT2D eigenvalue weighted by molar-refractivity contribution is 6.53. The number of amides is 4. The fraction of sp³-hybridized carbons (Fsp3) is 0.474. The van der Waals surface area contributed by atoms with Gasteiger partial charge in [-0.15, -0.1) is 0 Å². The van der Waals surface area contributed by atoms with E-state index < -0.39 is 10.7 Å². The molecular formula is C19H21Cl2N3O4. The molecule has 1 aromatic rings. The predicted octanol–water partition coefficient (Wildman–Crippen LogP) is 2.22. The van der Waals surface area contributed by atoms with Crippen LogP contribution in [0.2, 0.25) is 0 Å². The van der Waals surface area contributed by atoms with Crippen molar-refractivity contribution in [3.63, 3.8) is 0 Å². The highest BCUT2D eigenvalue weighted by Gasteiger charge is 2.38. The maximum Gasteiger partial charge on any atom is 0.261 e. The SMILES string of the molecule is CC(C)N1C(=O)c2ccc(C(=O)N3CCC(NC(=O)C(Cl)Cl)CC3)cc2C1=O. The molecule has 1 saturated heterocycles. The lowest BCUT2D eigenvalue weighted by Crippen LogP contribution is -2.47. The molecule has 0 bridgehead atoms. The molecular weight excluding hydrogens is 405 g/mol. The monoisotopic (exact) mass is 425 g/mol. The van der Waals surface area contributed by atoms with Crippen LogP contribution < -0.4 is 5.32 Å². The second-order valence-electron chi connectivity index (χ2n) is 7.21. The van der Waals surface area contributed by atoms with Crippen LogP contribution in [0.25, 0.3) is 0 Å². The molecule has 0 unspecified atom stereocenters. The van der Waals surface area contributed by atoms with Gasteiger partial charge >= 0.3 is 0 Å². The van der Waals surface area contributed by atoms with E-state index in [2.05, 4.69) is 5.32 Å². The summed E-state index contributed by atoms with van der Waals surface area (Å²) in [5.41, 5.74) is 0.963. The van der Waals surface area contributed by atoms with Crippen LogP contribution in [-0.2, 0) is 4.79 Å². The molecule has 28 heavy (non-hydrogen) atoms. The van der Waals surface area contributed by atoms with Crippen LogP contribution in [0, 0.1) is 0 Å². The molecule has 0 atom stereocenters. The molecule has 1 fully saturated rings. The smallest absolute Gasteiger partial charge is 0.261 e. The number of fused-ring (bicyclic) bond motifs is 1. The Balaban J connectivity index is 1.68. The number of piperidine rings is 1. The van der Waals surface area contributed by atoms with Gasteiger partial charge in [-0.3, -0.25) is 24.1 Å². The van der Waals surface area contributed by atoms with Crippen molar-refractivity contribution in [3.8, 4) is 0 Å². The van der Waals surface area contributed by atoms with Crippen molar-refractivity contribution < 1.29 is 19.2 Å². The van der Waals surface area contributed by atoms with Gasteiger partial charge in [-0.25, -0.2) is 0 Å². The number of nitrogens with zero attached hydrogens (tertiary/aromatic N) is 2. The second-order valence-corrected chi connectivity index (χ2v) is 8.31. The third-order valence-corrected chi connectivity index (χ3v) is 5.40. The normalized spacial score (nSPS) is 17.5. The van der Waals surface area contributed by atoms with E-state index in [1.807, 2.05) is 0 Å². The molecule has 0 aromatic heterocycles. The quantitative estimate of drug-likeness (QED) is 0.591. The van der Waals surface area contributed by atoms with Crippen molar-refractivity contribution in [2.45, 2.75) is 43.6 Å². The third kappa shape index (κ3) is 3.86. The van der Waals surface area contributed by atoms with Gasteiger partial charge in [0.15, 0.2) is 4.84 Å². The Hall–Kier alpha value is -2.12. The number of hydrogen-bond donors (Lipinski definition) is 1. The minimum absolute atomic E-state index is 0.0876. The van der Waals surface area contributed by atoms with Crippen LogP contribution in [0.3, 0.4) is 0 Å². The molecule has 0 spiro atoms. The number of rotatable bonds is 4. The summed E-state index contributed by atoms with van der Waals surface area (Å²) in [4.78, 5) is 51.0. The van der Waals surface area contributed by atoms with Crippen LogP contribution in [0.1, 0.15) is 57.8 Å². The van der Waals surface area contributed by atoms with Gasteiger partial charge in [0, 0.05) is 30.7 Å². The van der Waals surface area contributed by atoms with Crippen LogP contribution in [-0.4, -0.2) is 63.4 Å². The summed E-state index contributed by atoms with van der Waals surface area (Å²) < 4.78 is 0. The molecule has 9 heteroatoms. The number of hydrogen-bond acceptors (Lipinski definition) is 4. The van der Waals surface area contributed by atoms with Gasteiger partial charge in [0.05, 0.1) is 11.1 Å². The zero-order valence-electron chi connectivity index (χ0n) is 15.6. The molecule has 2 aliphatic rings. The first-order chi connectivity index (χ1) is 13.2. The average Bonchev–Trinajstić information content (AvgIpc) is 2.91. The summed E-state index contributed by atoms with van der Waals surface area (Å²) in [5, 5.41) is 2.75. The Morgan fingerprint density at radius 2 is 1.68 bits per heavy atom. The first-order valence-electron chi connectivity index (χ1n) is 9.10. The zero-order valence-corrected chi connectivity index (χ0v) is 17.1. The van der Waals surface area contributed by atoms with E-state index in [-0.39, 0.29) is 35.4 Å².